The molecule has 154 valence electrons. The van der Waals surface area contributed by atoms with Crippen molar-refractivity contribution in [3.63, 3.8) is 0 Å². The summed E-state index contributed by atoms with van der Waals surface area (Å²) < 4.78 is 98.4. The summed E-state index contributed by atoms with van der Waals surface area (Å²) in [5, 5.41) is 2.76. The van der Waals surface area contributed by atoms with Gasteiger partial charge >= 0.3 is 18.1 Å². The molecule has 4 nitrogen and oxygen atoms in total. The molecule has 0 aliphatic carbocycles. The third-order valence-corrected chi connectivity index (χ3v) is 3.60. The zero-order valence-electron chi connectivity index (χ0n) is 14.3. The molecule has 1 atom stereocenters. The summed E-state index contributed by atoms with van der Waals surface area (Å²) in [6.45, 7) is 3.62. The van der Waals surface area contributed by atoms with Crippen molar-refractivity contribution in [2.75, 3.05) is 7.11 Å². The Bertz CT molecular complexity index is 681. The molecule has 0 spiro atoms. The maximum atomic E-state index is 13.1. The molecule has 0 aliphatic heterocycles. The van der Waals surface area contributed by atoms with Gasteiger partial charge < -0.3 is 9.47 Å². The number of nitrogens with one attached hydrogen (secondary N) is 1. The lowest BCUT2D eigenvalue weighted by Crippen LogP contribution is -2.58. The first-order valence-electron chi connectivity index (χ1n) is 7.43. The van der Waals surface area contributed by atoms with Crippen molar-refractivity contribution in [3.8, 4) is 11.5 Å². The van der Waals surface area contributed by atoms with Crippen LogP contribution >= 0.6 is 11.6 Å². The summed E-state index contributed by atoms with van der Waals surface area (Å²) in [5.74, 6) is -6.06. The van der Waals surface area contributed by atoms with Crippen LogP contribution in [0.15, 0.2) is 17.2 Å². The first kappa shape index (κ1) is 23.1. The Morgan fingerprint density at radius 3 is 2.26 bits per heavy atom. The SMILES string of the molecule is CC[C@@H](C)Oc1c(Cl)cc(/C=N/NC(F)(F)C(F)(F)C(F)(F)F)cc1OC. The van der Waals surface area contributed by atoms with Gasteiger partial charge in [0, 0.05) is 0 Å². The average molecular weight is 425 g/mol. The predicted octanol–water partition coefficient (Wildman–Crippen LogP) is 5.24. The van der Waals surface area contributed by atoms with E-state index in [0.29, 0.717) is 18.1 Å². The lowest BCUT2D eigenvalue weighted by atomic mass is 10.2. The van der Waals surface area contributed by atoms with Crippen molar-refractivity contribution in [3.05, 3.63) is 22.7 Å². The van der Waals surface area contributed by atoms with Gasteiger partial charge in [0.2, 0.25) is 0 Å². The molecule has 0 heterocycles. The molecule has 0 bridgehead atoms. The van der Waals surface area contributed by atoms with Gasteiger partial charge in [-0.25, -0.2) is 5.43 Å². The smallest absolute Gasteiger partial charge is 0.462 e. The number of ether oxygens (including phenoxy) is 2. The quantitative estimate of drug-likeness (QED) is 0.268. The lowest BCUT2D eigenvalue weighted by molar-refractivity contribution is -0.361. The van der Waals surface area contributed by atoms with Gasteiger partial charge in [-0.15, -0.1) is 0 Å². The number of methoxy groups -OCH3 is 1. The fourth-order valence-corrected chi connectivity index (χ4v) is 1.91. The minimum absolute atomic E-state index is 0.00322. The van der Waals surface area contributed by atoms with Crippen LogP contribution in [0.2, 0.25) is 5.02 Å². The van der Waals surface area contributed by atoms with Crippen molar-refractivity contribution in [1.82, 2.24) is 5.43 Å². The van der Waals surface area contributed by atoms with Crippen molar-refractivity contribution in [1.29, 1.82) is 0 Å². The van der Waals surface area contributed by atoms with Crippen LogP contribution in [0, 0.1) is 0 Å². The monoisotopic (exact) mass is 424 g/mol. The van der Waals surface area contributed by atoms with Crippen molar-refractivity contribution < 1.29 is 40.2 Å². The molecule has 0 radical (unpaired) electrons. The minimum atomic E-state index is -6.46. The summed E-state index contributed by atoms with van der Waals surface area (Å²) in [5.41, 5.74) is 0.511. The van der Waals surface area contributed by atoms with Crippen molar-refractivity contribution >= 4 is 17.8 Å². The van der Waals surface area contributed by atoms with Crippen molar-refractivity contribution in [2.24, 2.45) is 5.10 Å². The Kier molecular flexibility index (Phi) is 7.20. The minimum Gasteiger partial charge on any atom is -0.493 e. The van der Waals surface area contributed by atoms with E-state index in [1.807, 2.05) is 6.92 Å². The number of halogens is 8. The molecular weight excluding hydrogens is 409 g/mol. The standard InChI is InChI=1S/C15H16ClF7N2O2/c1-4-8(2)27-12-10(16)5-9(6-11(12)26-3)7-24-25-15(22,23)13(17,18)14(19,20)21/h5-8,25H,4H2,1-3H3/b24-7+/t8-/m1/s1. The van der Waals surface area contributed by atoms with Crippen LogP contribution in [-0.2, 0) is 0 Å². The van der Waals surface area contributed by atoms with E-state index in [1.54, 1.807) is 6.92 Å². The molecule has 0 unspecified atom stereocenters. The Labute approximate surface area is 155 Å². The molecule has 27 heavy (non-hydrogen) atoms. The molecule has 0 saturated carbocycles. The zero-order valence-corrected chi connectivity index (χ0v) is 15.1. The van der Waals surface area contributed by atoms with Crippen LogP contribution in [-0.4, -0.2) is 37.6 Å². The summed E-state index contributed by atoms with van der Waals surface area (Å²) in [4.78, 5) is 0. The summed E-state index contributed by atoms with van der Waals surface area (Å²) in [6.07, 6.45) is -5.45. The van der Waals surface area contributed by atoms with Crippen LogP contribution in [0.25, 0.3) is 0 Å². The van der Waals surface area contributed by atoms with Gasteiger partial charge in [-0.1, -0.05) is 18.5 Å². The van der Waals surface area contributed by atoms with Gasteiger partial charge in [0.25, 0.3) is 0 Å². The predicted molar refractivity (Wildman–Crippen MR) is 85.1 cm³/mol. The topological polar surface area (TPSA) is 42.8 Å². The Balaban J connectivity index is 3.04. The van der Waals surface area contributed by atoms with Gasteiger partial charge in [0.05, 0.1) is 24.5 Å². The number of benzene rings is 1. The molecule has 0 amide bonds. The Hall–Kier alpha value is -1.91. The number of hydrazone groups is 1. The first-order valence-corrected chi connectivity index (χ1v) is 7.81. The molecule has 12 heteroatoms. The first-order chi connectivity index (χ1) is 12.3. The molecule has 1 aromatic rings. The third kappa shape index (κ3) is 5.30. The normalized spacial score (nSPS) is 14.3. The van der Waals surface area contributed by atoms with E-state index in [-0.39, 0.29) is 28.2 Å². The summed E-state index contributed by atoms with van der Waals surface area (Å²) >= 11 is 6.01. The molecule has 0 aliphatic rings. The van der Waals surface area contributed by atoms with Crippen molar-refractivity contribution in [2.45, 2.75) is 44.5 Å². The molecule has 1 aromatic carbocycles. The Morgan fingerprint density at radius 1 is 1.19 bits per heavy atom. The highest BCUT2D eigenvalue weighted by atomic mass is 35.5. The molecule has 0 fully saturated rings. The fourth-order valence-electron chi connectivity index (χ4n) is 1.65. The van der Waals surface area contributed by atoms with Gasteiger partial charge in [0.1, 0.15) is 0 Å². The summed E-state index contributed by atoms with van der Waals surface area (Å²) in [6, 6.07) is -3.24. The van der Waals surface area contributed by atoms with Crippen LogP contribution < -0.4 is 14.9 Å². The van der Waals surface area contributed by atoms with E-state index in [2.05, 4.69) is 5.10 Å². The number of nitrogens with zero attached hydrogens (tertiary/aromatic N) is 1. The highest BCUT2D eigenvalue weighted by Gasteiger charge is 2.73. The largest absolute Gasteiger partial charge is 0.493 e. The third-order valence-electron chi connectivity index (χ3n) is 3.31. The van der Waals surface area contributed by atoms with E-state index in [1.165, 1.54) is 19.2 Å². The van der Waals surface area contributed by atoms with E-state index < -0.39 is 18.1 Å². The number of rotatable bonds is 8. The van der Waals surface area contributed by atoms with Crippen LogP contribution in [0.5, 0.6) is 11.5 Å². The van der Waals surface area contributed by atoms with E-state index in [4.69, 9.17) is 21.1 Å². The number of hydrogen-bond acceptors (Lipinski definition) is 4. The van der Waals surface area contributed by atoms with E-state index >= 15 is 0 Å². The second-order valence-electron chi connectivity index (χ2n) is 5.39. The molecular formula is C15H16ClF7N2O2. The second-order valence-corrected chi connectivity index (χ2v) is 5.79. The maximum absolute atomic E-state index is 13.1. The average Bonchev–Trinajstić information content (AvgIpc) is 2.55. The molecule has 1 N–H and O–H groups in total. The highest BCUT2D eigenvalue weighted by Crippen LogP contribution is 2.45. The second kappa shape index (κ2) is 8.41. The lowest BCUT2D eigenvalue weighted by Gasteiger charge is -2.27. The fraction of sp³-hybridized carbons (Fsp3) is 0.533. The number of hydrogen-bond donors (Lipinski definition) is 1. The van der Waals surface area contributed by atoms with Crippen LogP contribution in [0.1, 0.15) is 25.8 Å². The van der Waals surface area contributed by atoms with Gasteiger partial charge in [-0.3, -0.25) is 0 Å². The van der Waals surface area contributed by atoms with Gasteiger partial charge in [-0.2, -0.15) is 35.8 Å². The van der Waals surface area contributed by atoms with E-state index in [0.717, 1.165) is 0 Å². The highest BCUT2D eigenvalue weighted by molar-refractivity contribution is 6.32. The number of alkyl halides is 7. The summed E-state index contributed by atoms with van der Waals surface area (Å²) in [7, 11) is 1.27. The van der Waals surface area contributed by atoms with E-state index in [9.17, 15) is 30.7 Å². The van der Waals surface area contributed by atoms with Crippen LogP contribution in [0.3, 0.4) is 0 Å². The Morgan fingerprint density at radius 2 is 1.78 bits per heavy atom. The van der Waals surface area contributed by atoms with Gasteiger partial charge in [0.15, 0.2) is 11.5 Å². The molecule has 1 rings (SSSR count). The van der Waals surface area contributed by atoms with Gasteiger partial charge in [-0.05, 0) is 31.0 Å². The van der Waals surface area contributed by atoms with Crippen LogP contribution in [0.4, 0.5) is 30.7 Å². The molecule has 0 aromatic heterocycles. The maximum Gasteiger partial charge on any atom is 0.462 e. The molecule has 0 saturated heterocycles. The zero-order chi connectivity index (χ0) is 21.0.